The van der Waals surface area contributed by atoms with Crippen molar-refractivity contribution in [1.82, 2.24) is 0 Å². The molecular formula is C37H52O2. The minimum atomic E-state index is -0.764. The number of benzene rings is 3. The first-order valence-corrected chi connectivity index (χ1v) is 15.8. The molecule has 3 rings (SSSR count). The Morgan fingerprint density at radius 2 is 0.846 bits per heavy atom. The molecule has 0 unspecified atom stereocenters. The highest BCUT2D eigenvalue weighted by Gasteiger charge is 2.37. The zero-order valence-electron chi connectivity index (χ0n) is 24.4. The molecule has 0 saturated heterocycles. The molecule has 0 amide bonds. The van der Waals surface area contributed by atoms with Gasteiger partial charge in [-0.3, -0.25) is 0 Å². The van der Waals surface area contributed by atoms with E-state index in [1.807, 2.05) is 18.2 Å². The summed E-state index contributed by atoms with van der Waals surface area (Å²) in [6.45, 7) is 2.59. The van der Waals surface area contributed by atoms with Crippen LogP contribution < -0.4 is 0 Å². The Kier molecular flexibility index (Phi) is 15.0. The quantitative estimate of drug-likeness (QED) is 0.110. The van der Waals surface area contributed by atoms with Crippen molar-refractivity contribution in [2.45, 2.75) is 115 Å². The number of hydrogen-bond acceptors (Lipinski definition) is 2. The summed E-state index contributed by atoms with van der Waals surface area (Å²) < 4.78 is 6.77. The van der Waals surface area contributed by atoms with E-state index in [-0.39, 0.29) is 0 Å². The van der Waals surface area contributed by atoms with Crippen LogP contribution in [0.4, 0.5) is 0 Å². The van der Waals surface area contributed by atoms with Gasteiger partial charge in [0.25, 0.3) is 0 Å². The standard InChI is InChI=1S/C37H52O2/c1-2-3-4-5-6-7-8-9-10-11-12-13-14-24-31-36(38)32-39-37(33-25-18-15-19-26-33,34-27-20-16-21-28-34)35-29-22-17-23-30-35/h15-23,25-30,36,38H,2-14,24,31-32H2,1H3/t36-/m0/s1. The van der Waals surface area contributed by atoms with E-state index in [1.54, 1.807) is 0 Å². The molecule has 212 valence electrons. The maximum absolute atomic E-state index is 10.9. The minimum Gasteiger partial charge on any atom is -0.391 e. The molecule has 0 saturated carbocycles. The topological polar surface area (TPSA) is 29.5 Å². The number of aliphatic hydroxyl groups is 1. The lowest BCUT2D eigenvalue weighted by Gasteiger charge is -2.36. The summed E-state index contributed by atoms with van der Waals surface area (Å²) in [5, 5.41) is 10.9. The molecule has 2 nitrogen and oxygen atoms in total. The molecule has 0 spiro atoms. The summed E-state index contributed by atoms with van der Waals surface area (Å²) in [6, 6.07) is 31.2. The van der Waals surface area contributed by atoms with Gasteiger partial charge in [-0.2, -0.15) is 0 Å². The Balaban J connectivity index is 1.42. The Morgan fingerprint density at radius 3 is 1.21 bits per heavy atom. The average Bonchev–Trinajstić information content (AvgIpc) is 2.99. The van der Waals surface area contributed by atoms with E-state index in [9.17, 15) is 5.11 Å². The van der Waals surface area contributed by atoms with E-state index >= 15 is 0 Å². The smallest absolute Gasteiger partial charge is 0.143 e. The lowest BCUT2D eigenvalue weighted by molar-refractivity contribution is -0.0405. The van der Waals surface area contributed by atoms with Crippen molar-refractivity contribution in [3.63, 3.8) is 0 Å². The first-order valence-electron chi connectivity index (χ1n) is 15.8. The second-order valence-corrected chi connectivity index (χ2v) is 11.1. The van der Waals surface area contributed by atoms with Gasteiger partial charge in [-0.1, -0.05) is 188 Å². The second kappa shape index (κ2) is 18.8. The molecule has 0 fully saturated rings. The normalized spacial score (nSPS) is 12.5. The SMILES string of the molecule is CCCCCCCCCCCCCCCC[C@H](O)COC(c1ccccc1)(c1ccccc1)c1ccccc1. The molecular weight excluding hydrogens is 476 g/mol. The van der Waals surface area contributed by atoms with Gasteiger partial charge in [-0.15, -0.1) is 0 Å². The Bertz CT molecular complexity index is 873. The zero-order valence-corrected chi connectivity index (χ0v) is 24.4. The van der Waals surface area contributed by atoms with Crippen molar-refractivity contribution < 1.29 is 9.84 Å². The number of aliphatic hydroxyl groups excluding tert-OH is 1. The molecule has 0 aliphatic carbocycles. The average molecular weight is 529 g/mol. The van der Waals surface area contributed by atoms with Gasteiger partial charge in [-0.25, -0.2) is 0 Å². The second-order valence-electron chi connectivity index (χ2n) is 11.1. The third-order valence-corrected chi connectivity index (χ3v) is 7.92. The Hall–Kier alpha value is -2.42. The number of rotatable bonds is 21. The van der Waals surface area contributed by atoms with Crippen LogP contribution in [0, 0.1) is 0 Å². The van der Waals surface area contributed by atoms with E-state index in [4.69, 9.17) is 4.74 Å². The van der Waals surface area contributed by atoms with E-state index in [1.165, 1.54) is 83.5 Å². The lowest BCUT2D eigenvalue weighted by Crippen LogP contribution is -2.35. The summed E-state index contributed by atoms with van der Waals surface area (Å²) in [4.78, 5) is 0. The fourth-order valence-electron chi connectivity index (χ4n) is 5.65. The molecule has 0 heterocycles. The first kappa shape index (κ1) is 31.1. The molecule has 0 aliphatic rings. The number of hydrogen-bond donors (Lipinski definition) is 1. The lowest BCUT2D eigenvalue weighted by atomic mass is 9.80. The van der Waals surface area contributed by atoms with E-state index in [2.05, 4.69) is 79.7 Å². The van der Waals surface area contributed by atoms with Crippen molar-refractivity contribution in [2.24, 2.45) is 0 Å². The summed E-state index contributed by atoms with van der Waals surface area (Å²) in [5.74, 6) is 0. The molecule has 0 radical (unpaired) electrons. The monoisotopic (exact) mass is 528 g/mol. The third-order valence-electron chi connectivity index (χ3n) is 7.92. The van der Waals surface area contributed by atoms with Crippen LogP contribution in [-0.4, -0.2) is 17.8 Å². The van der Waals surface area contributed by atoms with Crippen LogP contribution in [0.2, 0.25) is 0 Å². The predicted octanol–water partition coefficient (Wildman–Crippen LogP) is 10.2. The summed E-state index contributed by atoms with van der Waals surface area (Å²) in [7, 11) is 0. The van der Waals surface area contributed by atoms with Crippen LogP contribution >= 0.6 is 0 Å². The van der Waals surface area contributed by atoms with E-state index < -0.39 is 11.7 Å². The summed E-state index contributed by atoms with van der Waals surface area (Å²) in [5.41, 5.74) is 2.46. The van der Waals surface area contributed by atoms with Gasteiger partial charge in [-0.05, 0) is 23.1 Å². The maximum atomic E-state index is 10.9. The largest absolute Gasteiger partial charge is 0.391 e. The predicted molar refractivity (Wildman–Crippen MR) is 166 cm³/mol. The van der Waals surface area contributed by atoms with Gasteiger partial charge < -0.3 is 9.84 Å². The van der Waals surface area contributed by atoms with Gasteiger partial charge in [0.15, 0.2) is 0 Å². The van der Waals surface area contributed by atoms with Crippen LogP contribution in [-0.2, 0) is 10.3 Å². The van der Waals surface area contributed by atoms with Gasteiger partial charge in [0.2, 0.25) is 0 Å². The molecule has 39 heavy (non-hydrogen) atoms. The van der Waals surface area contributed by atoms with Crippen LogP contribution in [0.15, 0.2) is 91.0 Å². The highest BCUT2D eigenvalue weighted by Crippen LogP contribution is 2.40. The third kappa shape index (κ3) is 10.6. The molecule has 2 heteroatoms. The number of ether oxygens (including phenoxy) is 1. The van der Waals surface area contributed by atoms with Gasteiger partial charge in [0.1, 0.15) is 5.60 Å². The minimum absolute atomic E-state index is 0.303. The van der Waals surface area contributed by atoms with Gasteiger partial charge in [0.05, 0.1) is 12.7 Å². The summed E-state index contributed by atoms with van der Waals surface area (Å²) in [6.07, 6.45) is 19.1. The van der Waals surface area contributed by atoms with Gasteiger partial charge >= 0.3 is 0 Å². The fourth-order valence-corrected chi connectivity index (χ4v) is 5.65. The van der Waals surface area contributed by atoms with Crippen molar-refractivity contribution in [3.8, 4) is 0 Å². The zero-order chi connectivity index (χ0) is 27.4. The van der Waals surface area contributed by atoms with Crippen molar-refractivity contribution in [1.29, 1.82) is 0 Å². The van der Waals surface area contributed by atoms with Crippen LogP contribution in [0.1, 0.15) is 120 Å². The van der Waals surface area contributed by atoms with Crippen molar-refractivity contribution in [3.05, 3.63) is 108 Å². The van der Waals surface area contributed by atoms with Crippen LogP contribution in [0.5, 0.6) is 0 Å². The van der Waals surface area contributed by atoms with Crippen molar-refractivity contribution >= 4 is 0 Å². The molecule has 0 aromatic heterocycles. The van der Waals surface area contributed by atoms with Crippen LogP contribution in [0.25, 0.3) is 0 Å². The van der Waals surface area contributed by atoms with Gasteiger partial charge in [0, 0.05) is 0 Å². The van der Waals surface area contributed by atoms with E-state index in [0.717, 1.165) is 29.5 Å². The van der Waals surface area contributed by atoms with Crippen molar-refractivity contribution in [2.75, 3.05) is 6.61 Å². The highest BCUT2D eigenvalue weighted by atomic mass is 16.5. The molecule has 0 bridgehead atoms. The number of unbranched alkanes of at least 4 members (excludes halogenated alkanes) is 13. The molecule has 1 atom stereocenters. The fraction of sp³-hybridized carbons (Fsp3) is 0.514. The molecule has 3 aromatic rings. The molecule has 3 aromatic carbocycles. The molecule has 0 aliphatic heterocycles. The van der Waals surface area contributed by atoms with Crippen LogP contribution in [0.3, 0.4) is 0 Å². The molecule has 1 N–H and O–H groups in total. The first-order chi connectivity index (χ1) is 19.3. The summed E-state index contributed by atoms with van der Waals surface area (Å²) >= 11 is 0. The van der Waals surface area contributed by atoms with E-state index in [0.29, 0.717) is 6.61 Å². The highest BCUT2D eigenvalue weighted by molar-refractivity contribution is 5.47. The maximum Gasteiger partial charge on any atom is 0.143 e. The Labute approximate surface area is 238 Å². The Morgan fingerprint density at radius 1 is 0.513 bits per heavy atom.